The van der Waals surface area contributed by atoms with Crippen LogP contribution >= 0.6 is 0 Å². The van der Waals surface area contributed by atoms with E-state index in [1.54, 1.807) is 0 Å². The van der Waals surface area contributed by atoms with Gasteiger partial charge in [-0.05, 0) is 18.1 Å². The van der Waals surface area contributed by atoms with E-state index < -0.39 is 0 Å². The first kappa shape index (κ1) is 15.1. The second-order valence-electron chi connectivity index (χ2n) is 6.00. The summed E-state index contributed by atoms with van der Waals surface area (Å²) in [6.45, 7) is 19.2. The van der Waals surface area contributed by atoms with Gasteiger partial charge in [0.1, 0.15) is 0 Å². The highest BCUT2D eigenvalue weighted by molar-refractivity contribution is 6.80. The van der Waals surface area contributed by atoms with Gasteiger partial charge in [0, 0.05) is 0 Å². The second kappa shape index (κ2) is 5.81. The third-order valence-electron chi connectivity index (χ3n) is 3.78. The van der Waals surface area contributed by atoms with Gasteiger partial charge in [0.05, 0.1) is 0 Å². The third kappa shape index (κ3) is 3.10. The third-order valence-corrected chi connectivity index (χ3v) is 3.78. The predicted molar refractivity (Wildman–Crippen MR) is 79.9 cm³/mol. The van der Waals surface area contributed by atoms with Crippen LogP contribution in [0.4, 0.5) is 0 Å². The van der Waals surface area contributed by atoms with Crippen molar-refractivity contribution in [3.05, 3.63) is 0 Å². The number of nitrogens with zero attached hydrogens (tertiary/aromatic N) is 3. The molecule has 0 saturated carbocycles. The maximum atomic E-state index is 2.58. The van der Waals surface area contributed by atoms with Gasteiger partial charge < -0.3 is 14.2 Å². The number of hydrogen-bond donors (Lipinski definition) is 0. The van der Waals surface area contributed by atoms with Crippen molar-refractivity contribution in [1.29, 1.82) is 0 Å². The van der Waals surface area contributed by atoms with Gasteiger partial charge in [-0.15, -0.1) is 0 Å². The molecule has 1 heterocycles. The van der Waals surface area contributed by atoms with Crippen molar-refractivity contribution < 1.29 is 0 Å². The first-order valence-corrected chi connectivity index (χ1v) is 6.94. The molecule has 0 amide bonds. The Morgan fingerprint density at radius 2 is 1.06 bits per heavy atom. The van der Waals surface area contributed by atoms with Crippen LogP contribution in [0.25, 0.3) is 0 Å². The molecule has 0 aliphatic carbocycles. The van der Waals surface area contributed by atoms with Gasteiger partial charge in [-0.25, -0.2) is 0 Å². The molecule has 3 nitrogen and oxygen atoms in total. The fourth-order valence-electron chi connectivity index (χ4n) is 2.96. The van der Waals surface area contributed by atoms with E-state index in [2.05, 4.69) is 76.9 Å². The monoisotopic (exact) mass is 234 g/mol. The average molecular weight is 234 g/mol. The van der Waals surface area contributed by atoms with Gasteiger partial charge in [0.25, 0.3) is 21.5 Å². The molecule has 0 unspecified atom stereocenters. The highest BCUT2D eigenvalue weighted by atomic mass is 15.3. The summed E-state index contributed by atoms with van der Waals surface area (Å²) >= 11 is 0. The van der Waals surface area contributed by atoms with Crippen LogP contribution < -0.4 is 0 Å². The summed E-state index contributed by atoms with van der Waals surface area (Å²) in [5.41, 5.74) is 0. The smallest absolute Gasteiger partial charge is 0.291 e. The minimum Gasteiger partial charge on any atom is -0.359 e. The molecule has 95 valence electrons. The molecule has 1 radical (unpaired) electrons. The quantitative estimate of drug-likeness (QED) is 0.690. The van der Waals surface area contributed by atoms with Gasteiger partial charge in [0.15, 0.2) is 0 Å². The standard InChI is InChI=1S/C11H27B3N3/c1-9(2)15-12-16(10(3)4)14(8)17(11(5)6)13(15)7/h9-11H,1-8H3. The first-order valence-electron chi connectivity index (χ1n) is 6.94. The van der Waals surface area contributed by atoms with Crippen molar-refractivity contribution in [3.8, 4) is 0 Å². The molecule has 0 bridgehead atoms. The Labute approximate surface area is 109 Å². The molecule has 0 aromatic rings. The van der Waals surface area contributed by atoms with Crippen molar-refractivity contribution >= 4 is 21.5 Å². The normalized spacial score (nSPS) is 20.9. The summed E-state index contributed by atoms with van der Waals surface area (Å²) < 4.78 is 7.50. The summed E-state index contributed by atoms with van der Waals surface area (Å²) in [6, 6.07) is 1.65. The number of hydrogen-bond acceptors (Lipinski definition) is 3. The summed E-state index contributed by atoms with van der Waals surface area (Å²) in [7, 11) is 2.32. The minimum atomic E-state index is 0.472. The van der Waals surface area contributed by atoms with Crippen LogP contribution in [0, 0.1) is 0 Å². The minimum absolute atomic E-state index is 0.472. The maximum Gasteiger partial charge on any atom is 0.291 e. The van der Waals surface area contributed by atoms with Crippen molar-refractivity contribution in [2.45, 2.75) is 73.3 Å². The topological polar surface area (TPSA) is 9.72 Å². The van der Waals surface area contributed by atoms with Crippen molar-refractivity contribution in [2.75, 3.05) is 0 Å². The maximum absolute atomic E-state index is 2.58. The second-order valence-corrected chi connectivity index (χ2v) is 6.00. The molecule has 1 fully saturated rings. The zero-order chi connectivity index (χ0) is 13.3. The Morgan fingerprint density at radius 3 is 1.29 bits per heavy atom. The van der Waals surface area contributed by atoms with Gasteiger partial charge in [-0.1, -0.05) is 55.2 Å². The van der Waals surface area contributed by atoms with Crippen molar-refractivity contribution in [1.82, 2.24) is 14.2 Å². The van der Waals surface area contributed by atoms with Crippen LogP contribution in [-0.4, -0.2) is 53.8 Å². The highest BCUT2D eigenvalue weighted by Gasteiger charge is 2.43. The van der Waals surface area contributed by atoms with E-state index in [1.165, 1.54) is 0 Å². The summed E-state index contributed by atoms with van der Waals surface area (Å²) in [5, 5.41) is 0. The molecule has 1 aliphatic rings. The molecule has 0 atom stereocenters. The zero-order valence-electron chi connectivity index (χ0n) is 12.8. The Hall–Kier alpha value is 0.0748. The molecule has 1 rings (SSSR count). The summed E-state index contributed by atoms with van der Waals surface area (Å²) in [4.78, 5) is 0. The molecule has 0 aromatic carbocycles. The number of rotatable bonds is 3. The molecule has 6 heteroatoms. The van der Waals surface area contributed by atoms with E-state index in [1.807, 2.05) is 0 Å². The van der Waals surface area contributed by atoms with Crippen LogP contribution in [0.3, 0.4) is 0 Å². The lowest BCUT2D eigenvalue weighted by molar-refractivity contribution is 0.361. The predicted octanol–water partition coefficient (Wildman–Crippen LogP) is 1.90. The van der Waals surface area contributed by atoms with Crippen molar-refractivity contribution in [2.24, 2.45) is 0 Å². The van der Waals surface area contributed by atoms with E-state index in [-0.39, 0.29) is 0 Å². The van der Waals surface area contributed by atoms with Crippen LogP contribution in [0.15, 0.2) is 0 Å². The fraction of sp³-hybridized carbons (Fsp3) is 1.00. The van der Waals surface area contributed by atoms with Crippen LogP contribution in [0.5, 0.6) is 0 Å². The van der Waals surface area contributed by atoms with Crippen molar-refractivity contribution in [3.63, 3.8) is 0 Å². The van der Waals surface area contributed by atoms with E-state index >= 15 is 0 Å². The fourth-order valence-corrected chi connectivity index (χ4v) is 2.96. The Balaban J connectivity index is 2.95. The highest BCUT2D eigenvalue weighted by Crippen LogP contribution is 2.21. The van der Waals surface area contributed by atoms with Gasteiger partial charge in [0.2, 0.25) is 0 Å². The Kier molecular flexibility index (Phi) is 5.17. The van der Waals surface area contributed by atoms with E-state index in [9.17, 15) is 0 Å². The van der Waals surface area contributed by atoms with Gasteiger partial charge >= 0.3 is 0 Å². The lowest BCUT2D eigenvalue weighted by atomic mass is 9.49. The molecule has 1 saturated heterocycles. The van der Waals surface area contributed by atoms with Crippen LogP contribution in [-0.2, 0) is 0 Å². The largest absolute Gasteiger partial charge is 0.359 e. The van der Waals surface area contributed by atoms with Crippen LogP contribution in [0.2, 0.25) is 13.6 Å². The molecule has 17 heavy (non-hydrogen) atoms. The van der Waals surface area contributed by atoms with Gasteiger partial charge in [-0.2, -0.15) is 0 Å². The molecule has 0 N–H and O–H groups in total. The van der Waals surface area contributed by atoms with E-state index in [4.69, 9.17) is 0 Å². The van der Waals surface area contributed by atoms with Crippen LogP contribution in [0.1, 0.15) is 41.5 Å². The molecule has 1 aliphatic heterocycles. The molecule has 0 spiro atoms. The van der Waals surface area contributed by atoms with E-state index in [0.29, 0.717) is 32.1 Å². The summed E-state index contributed by atoms with van der Waals surface area (Å²) in [6.07, 6.45) is 0. The Morgan fingerprint density at radius 1 is 0.706 bits per heavy atom. The molecule has 0 aromatic heterocycles. The molecular formula is C11H27B3N3. The van der Waals surface area contributed by atoms with E-state index in [0.717, 1.165) is 0 Å². The zero-order valence-corrected chi connectivity index (χ0v) is 12.8. The lowest BCUT2D eigenvalue weighted by Crippen LogP contribution is -2.74. The first-order chi connectivity index (χ1) is 7.77. The average Bonchev–Trinajstić information content (AvgIpc) is 2.15. The SMILES string of the molecule is CB1N(C(C)C)[B]N(C(C)C)B(C)N1C(C)C. The summed E-state index contributed by atoms with van der Waals surface area (Å²) in [5.74, 6) is 0. The lowest BCUT2D eigenvalue weighted by Gasteiger charge is -2.53. The van der Waals surface area contributed by atoms with Gasteiger partial charge in [-0.3, -0.25) is 0 Å². The Bertz CT molecular complexity index is 228. The molecular weight excluding hydrogens is 207 g/mol.